The Morgan fingerprint density at radius 1 is 1.21 bits per heavy atom. The first-order valence-corrected chi connectivity index (χ1v) is 8.76. The lowest BCUT2D eigenvalue weighted by Crippen LogP contribution is -2.15. The Bertz CT molecular complexity index is 701. The summed E-state index contributed by atoms with van der Waals surface area (Å²) in [7, 11) is 1.27. The van der Waals surface area contributed by atoms with Crippen LogP contribution >= 0.6 is 0 Å². The van der Waals surface area contributed by atoms with Crippen LogP contribution in [0.25, 0.3) is 0 Å². The van der Waals surface area contributed by atoms with Crippen LogP contribution in [-0.4, -0.2) is 17.6 Å². The minimum atomic E-state index is -1.58. The fourth-order valence-corrected chi connectivity index (χ4v) is 3.40. The molecule has 0 aromatic heterocycles. The number of hydrogen-bond acceptors (Lipinski definition) is 3. The third-order valence-electron chi connectivity index (χ3n) is 3.43. The molecule has 0 aliphatic carbocycles. The van der Waals surface area contributed by atoms with E-state index in [0.29, 0.717) is 17.7 Å². The van der Waals surface area contributed by atoms with Crippen molar-refractivity contribution >= 4 is 17.1 Å². The predicted octanol–water partition coefficient (Wildman–Crippen LogP) is 4.01. The van der Waals surface area contributed by atoms with Gasteiger partial charge >= 0.3 is 5.97 Å². The number of hydrogen-bond donors (Lipinski definition) is 0. The number of carbonyl (C=O) groups excluding carboxylic acids is 1. The molecule has 0 amide bonds. The highest BCUT2D eigenvalue weighted by Crippen LogP contribution is 2.21. The lowest BCUT2D eigenvalue weighted by molar-refractivity contribution is -0.135. The van der Waals surface area contributed by atoms with Gasteiger partial charge in [-0.15, -0.1) is 0 Å². The zero-order chi connectivity index (χ0) is 17.4. The molecule has 2 rings (SSSR count). The van der Waals surface area contributed by atoms with Crippen LogP contribution in [0.4, 0.5) is 4.39 Å². The molecule has 0 saturated heterocycles. The van der Waals surface area contributed by atoms with Crippen LogP contribution in [0.1, 0.15) is 18.4 Å². The molecule has 1 atom stereocenters. The van der Waals surface area contributed by atoms with Crippen molar-refractivity contribution in [2.45, 2.75) is 24.2 Å². The molecule has 0 heterocycles. The van der Waals surface area contributed by atoms with Crippen molar-refractivity contribution in [2.75, 3.05) is 7.11 Å². The quantitative estimate of drug-likeness (QED) is 0.329. The Kier molecular flexibility index (Phi) is 7.03. The van der Waals surface area contributed by atoms with Crippen molar-refractivity contribution < 1.29 is 18.5 Å². The Hall–Kier alpha value is -2.11. The maximum atomic E-state index is 13.1. The van der Waals surface area contributed by atoms with Gasteiger partial charge in [-0.3, -0.25) is 0 Å². The molecule has 0 spiro atoms. The van der Waals surface area contributed by atoms with Crippen molar-refractivity contribution in [3.8, 4) is 0 Å². The second-order valence-corrected chi connectivity index (χ2v) is 6.61. The first-order chi connectivity index (χ1) is 11.6. The lowest BCUT2D eigenvalue weighted by Gasteiger charge is -2.11. The smallest absolute Gasteiger partial charge is 0.386 e. The van der Waals surface area contributed by atoms with E-state index in [9.17, 15) is 13.7 Å². The van der Waals surface area contributed by atoms with Gasteiger partial charge in [0, 0.05) is 11.2 Å². The molecule has 0 bridgehead atoms. The number of esters is 1. The van der Waals surface area contributed by atoms with Crippen molar-refractivity contribution in [1.29, 1.82) is 0 Å². The number of aryl methyl sites for hydroxylation is 1. The van der Waals surface area contributed by atoms with E-state index in [4.69, 9.17) is 4.74 Å². The zero-order valence-electron chi connectivity index (χ0n) is 13.4. The normalized spacial score (nSPS) is 12.7. The summed E-state index contributed by atoms with van der Waals surface area (Å²) in [6, 6.07) is 15.2. The summed E-state index contributed by atoms with van der Waals surface area (Å²) in [4.78, 5) is 12.6. The molecular formula is C19H19FO3S. The summed E-state index contributed by atoms with van der Waals surface area (Å²) in [6.07, 6.45) is 3.60. The minimum absolute atomic E-state index is 0.142. The van der Waals surface area contributed by atoms with E-state index in [1.807, 2.05) is 12.1 Å². The molecule has 0 aliphatic rings. The minimum Gasteiger partial charge on any atom is -0.606 e. The van der Waals surface area contributed by atoms with Gasteiger partial charge in [0.1, 0.15) is 5.82 Å². The molecule has 0 aliphatic heterocycles. The second kappa shape index (κ2) is 9.25. The number of allylic oxidation sites excluding steroid dienone is 1. The van der Waals surface area contributed by atoms with E-state index in [2.05, 4.69) is 0 Å². The first-order valence-electron chi connectivity index (χ1n) is 7.61. The SMILES string of the molecule is COC(=O)C(=CCCCc1cccc(F)c1)[S+]([O-])c1ccccc1. The maximum absolute atomic E-state index is 13.1. The van der Waals surface area contributed by atoms with Crippen LogP contribution in [0.3, 0.4) is 0 Å². The van der Waals surface area contributed by atoms with Gasteiger partial charge < -0.3 is 9.29 Å². The third kappa shape index (κ3) is 5.22. The summed E-state index contributed by atoms with van der Waals surface area (Å²) >= 11 is -1.58. The van der Waals surface area contributed by atoms with E-state index in [1.165, 1.54) is 19.2 Å². The molecule has 5 heteroatoms. The average Bonchev–Trinajstić information content (AvgIpc) is 2.61. The maximum Gasteiger partial charge on any atom is 0.386 e. The van der Waals surface area contributed by atoms with E-state index in [1.54, 1.807) is 36.4 Å². The molecule has 24 heavy (non-hydrogen) atoms. The van der Waals surface area contributed by atoms with Crippen molar-refractivity contribution in [3.63, 3.8) is 0 Å². The zero-order valence-corrected chi connectivity index (χ0v) is 14.2. The standard InChI is InChI=1S/C19H19FO3S/c1-23-19(21)18(24(22)17-11-3-2-4-12-17)13-6-5-8-15-9-7-10-16(20)14-15/h2-4,7,9-14H,5-6,8H2,1H3. The number of ether oxygens (including phenoxy) is 1. The largest absolute Gasteiger partial charge is 0.606 e. The molecule has 2 aromatic carbocycles. The number of unbranched alkanes of at least 4 members (excludes halogenated alkanes) is 1. The molecule has 3 nitrogen and oxygen atoms in total. The van der Waals surface area contributed by atoms with Crippen LogP contribution in [-0.2, 0) is 27.1 Å². The van der Waals surface area contributed by atoms with Gasteiger partial charge in [0.25, 0.3) is 0 Å². The Morgan fingerprint density at radius 2 is 1.96 bits per heavy atom. The molecular weight excluding hydrogens is 327 g/mol. The van der Waals surface area contributed by atoms with Crippen LogP contribution in [0.15, 0.2) is 70.5 Å². The molecule has 0 radical (unpaired) electrons. The average molecular weight is 346 g/mol. The van der Waals surface area contributed by atoms with E-state index >= 15 is 0 Å². The summed E-state index contributed by atoms with van der Waals surface area (Å²) in [5, 5.41) is 0. The van der Waals surface area contributed by atoms with Crippen LogP contribution in [0.5, 0.6) is 0 Å². The summed E-state index contributed by atoms with van der Waals surface area (Å²) in [5.74, 6) is -0.855. The number of halogens is 1. The highest BCUT2D eigenvalue weighted by molar-refractivity contribution is 7.96. The van der Waals surface area contributed by atoms with Gasteiger partial charge in [-0.05, 0) is 55.2 Å². The Balaban J connectivity index is 2.02. The predicted molar refractivity (Wildman–Crippen MR) is 92.3 cm³/mol. The van der Waals surface area contributed by atoms with Crippen molar-refractivity contribution in [2.24, 2.45) is 0 Å². The lowest BCUT2D eigenvalue weighted by atomic mass is 10.1. The first kappa shape index (κ1) is 18.2. The number of carbonyl (C=O) groups is 1. The summed E-state index contributed by atoms with van der Waals surface area (Å²) in [6.45, 7) is 0. The fourth-order valence-electron chi connectivity index (χ4n) is 2.24. The highest BCUT2D eigenvalue weighted by Gasteiger charge is 2.25. The highest BCUT2D eigenvalue weighted by atomic mass is 32.2. The van der Waals surface area contributed by atoms with Gasteiger partial charge in [-0.2, -0.15) is 0 Å². The monoisotopic (exact) mass is 346 g/mol. The van der Waals surface area contributed by atoms with Crippen molar-refractivity contribution in [3.05, 3.63) is 77.0 Å². The fraction of sp³-hybridized carbons (Fsp3) is 0.211. The van der Waals surface area contributed by atoms with Crippen molar-refractivity contribution in [1.82, 2.24) is 0 Å². The van der Waals surface area contributed by atoms with Crippen LogP contribution in [0, 0.1) is 5.82 Å². The molecule has 0 N–H and O–H groups in total. The van der Waals surface area contributed by atoms with Crippen LogP contribution in [0.2, 0.25) is 0 Å². The molecule has 0 saturated carbocycles. The second-order valence-electron chi connectivity index (χ2n) is 5.16. The molecule has 126 valence electrons. The van der Waals surface area contributed by atoms with E-state index in [-0.39, 0.29) is 10.7 Å². The molecule has 0 fully saturated rings. The summed E-state index contributed by atoms with van der Waals surface area (Å²) < 4.78 is 30.4. The number of benzene rings is 2. The van der Waals surface area contributed by atoms with E-state index < -0.39 is 17.1 Å². The Morgan fingerprint density at radius 3 is 2.62 bits per heavy atom. The molecule has 2 aromatic rings. The van der Waals surface area contributed by atoms with Crippen LogP contribution < -0.4 is 0 Å². The van der Waals surface area contributed by atoms with Gasteiger partial charge in [-0.1, -0.05) is 30.3 Å². The van der Waals surface area contributed by atoms with Gasteiger partial charge in [0.2, 0.25) is 4.91 Å². The Labute approximate surface area is 144 Å². The number of methoxy groups -OCH3 is 1. The molecule has 1 unspecified atom stereocenters. The van der Waals surface area contributed by atoms with E-state index in [0.717, 1.165) is 12.0 Å². The summed E-state index contributed by atoms with van der Waals surface area (Å²) in [5.41, 5.74) is 0.896. The number of rotatable bonds is 7. The van der Waals surface area contributed by atoms with Gasteiger partial charge in [-0.25, -0.2) is 9.18 Å². The van der Waals surface area contributed by atoms with Gasteiger partial charge in [0.15, 0.2) is 4.90 Å². The third-order valence-corrected chi connectivity index (χ3v) is 4.87. The van der Waals surface area contributed by atoms with Gasteiger partial charge in [0.05, 0.1) is 7.11 Å². The topological polar surface area (TPSA) is 49.4 Å².